The number of halogens is 2. The Hall–Kier alpha value is -1.20. The zero-order valence-corrected chi connectivity index (χ0v) is 12.2. The summed E-state index contributed by atoms with van der Waals surface area (Å²) in [5.74, 6) is -1.18. The normalized spacial score (nSPS) is 31.4. The number of benzene rings is 1. The van der Waals surface area contributed by atoms with Crippen LogP contribution in [0.3, 0.4) is 0 Å². The molecule has 1 fully saturated rings. The highest BCUT2D eigenvalue weighted by molar-refractivity contribution is 5.33. The van der Waals surface area contributed by atoms with Crippen molar-refractivity contribution in [3.63, 3.8) is 0 Å². The molecule has 5 unspecified atom stereocenters. The van der Waals surface area contributed by atoms with E-state index in [1.54, 1.807) is 0 Å². The van der Waals surface area contributed by atoms with E-state index in [0.29, 0.717) is 0 Å². The van der Waals surface area contributed by atoms with Gasteiger partial charge in [-0.3, -0.25) is 0 Å². The Kier molecular flexibility index (Phi) is 4.30. The SMILES string of the molecule is COc1cc(F)c(C(N)C2C(C)OC(C)C2C)c(F)c1. The Bertz CT molecular complexity index is 472. The van der Waals surface area contributed by atoms with Crippen molar-refractivity contribution in [2.45, 2.75) is 39.0 Å². The van der Waals surface area contributed by atoms with Gasteiger partial charge in [0.1, 0.15) is 17.4 Å². The van der Waals surface area contributed by atoms with Crippen molar-refractivity contribution >= 4 is 0 Å². The molecule has 0 saturated carbocycles. The van der Waals surface area contributed by atoms with E-state index in [2.05, 4.69) is 0 Å². The van der Waals surface area contributed by atoms with Crippen LogP contribution in [0.25, 0.3) is 0 Å². The summed E-state index contributed by atoms with van der Waals surface area (Å²) >= 11 is 0. The van der Waals surface area contributed by atoms with Gasteiger partial charge in [0.15, 0.2) is 0 Å². The third-order valence-electron chi connectivity index (χ3n) is 4.36. The van der Waals surface area contributed by atoms with Crippen LogP contribution >= 0.6 is 0 Å². The molecular formula is C15H21F2NO2. The summed E-state index contributed by atoms with van der Waals surface area (Å²) in [6.45, 7) is 5.84. The zero-order chi connectivity index (χ0) is 15.0. The first-order valence-electron chi connectivity index (χ1n) is 6.80. The van der Waals surface area contributed by atoms with E-state index in [1.165, 1.54) is 7.11 Å². The van der Waals surface area contributed by atoms with Crippen LogP contribution in [-0.2, 0) is 4.74 Å². The van der Waals surface area contributed by atoms with Crippen LogP contribution in [0.15, 0.2) is 12.1 Å². The number of hydrogen-bond acceptors (Lipinski definition) is 3. The quantitative estimate of drug-likeness (QED) is 0.928. The van der Waals surface area contributed by atoms with Crippen molar-refractivity contribution < 1.29 is 18.3 Å². The Morgan fingerprint density at radius 2 is 1.70 bits per heavy atom. The summed E-state index contributed by atoms with van der Waals surface area (Å²) in [5.41, 5.74) is 6.05. The molecule has 1 aliphatic rings. The summed E-state index contributed by atoms with van der Waals surface area (Å²) in [5, 5.41) is 0. The van der Waals surface area contributed by atoms with Crippen LogP contribution in [0, 0.1) is 23.5 Å². The van der Waals surface area contributed by atoms with Gasteiger partial charge >= 0.3 is 0 Å². The molecule has 1 aromatic carbocycles. The first kappa shape index (κ1) is 15.2. The summed E-state index contributed by atoms with van der Waals surface area (Å²) < 4.78 is 38.8. The van der Waals surface area contributed by atoms with Crippen molar-refractivity contribution in [1.82, 2.24) is 0 Å². The molecule has 0 aromatic heterocycles. The van der Waals surface area contributed by atoms with Gasteiger partial charge in [0.25, 0.3) is 0 Å². The number of methoxy groups -OCH3 is 1. The van der Waals surface area contributed by atoms with Crippen molar-refractivity contribution in [3.05, 3.63) is 29.3 Å². The molecule has 2 rings (SSSR count). The molecule has 1 saturated heterocycles. The molecule has 0 radical (unpaired) electrons. The predicted octanol–water partition coefficient (Wildman–Crippen LogP) is 3.03. The lowest BCUT2D eigenvalue weighted by Crippen LogP contribution is -2.32. The minimum absolute atomic E-state index is 0.0328. The van der Waals surface area contributed by atoms with Crippen molar-refractivity contribution in [3.8, 4) is 5.75 Å². The van der Waals surface area contributed by atoms with Gasteiger partial charge in [-0.1, -0.05) is 6.92 Å². The fraction of sp³-hybridized carbons (Fsp3) is 0.600. The minimum Gasteiger partial charge on any atom is -0.497 e. The molecule has 1 aliphatic heterocycles. The first-order chi connectivity index (χ1) is 9.36. The van der Waals surface area contributed by atoms with E-state index >= 15 is 0 Å². The van der Waals surface area contributed by atoms with Gasteiger partial charge in [0.05, 0.1) is 19.3 Å². The Labute approximate surface area is 118 Å². The molecule has 0 aliphatic carbocycles. The molecule has 1 heterocycles. The number of nitrogens with two attached hydrogens (primary N) is 1. The van der Waals surface area contributed by atoms with Gasteiger partial charge in [-0.05, 0) is 19.8 Å². The van der Waals surface area contributed by atoms with Crippen molar-refractivity contribution in [2.24, 2.45) is 17.6 Å². The van der Waals surface area contributed by atoms with Gasteiger partial charge in [-0.25, -0.2) is 8.78 Å². The fourth-order valence-electron chi connectivity index (χ4n) is 3.10. The smallest absolute Gasteiger partial charge is 0.134 e. The largest absolute Gasteiger partial charge is 0.497 e. The van der Waals surface area contributed by atoms with Crippen LogP contribution in [0.2, 0.25) is 0 Å². The summed E-state index contributed by atoms with van der Waals surface area (Å²) in [6, 6.07) is 1.58. The molecule has 20 heavy (non-hydrogen) atoms. The van der Waals surface area contributed by atoms with E-state index < -0.39 is 17.7 Å². The highest BCUT2D eigenvalue weighted by Crippen LogP contribution is 2.41. The lowest BCUT2D eigenvalue weighted by atomic mass is 9.80. The monoisotopic (exact) mass is 285 g/mol. The van der Waals surface area contributed by atoms with Gasteiger partial charge in [0.2, 0.25) is 0 Å². The van der Waals surface area contributed by atoms with E-state index in [9.17, 15) is 8.78 Å². The highest BCUT2D eigenvalue weighted by atomic mass is 19.1. The van der Waals surface area contributed by atoms with Crippen LogP contribution in [0.1, 0.15) is 32.4 Å². The van der Waals surface area contributed by atoms with Crippen LogP contribution in [-0.4, -0.2) is 19.3 Å². The number of rotatable bonds is 3. The molecular weight excluding hydrogens is 264 g/mol. The average molecular weight is 285 g/mol. The van der Waals surface area contributed by atoms with E-state index in [4.69, 9.17) is 15.2 Å². The van der Waals surface area contributed by atoms with Gasteiger partial charge in [0, 0.05) is 29.7 Å². The Balaban J connectivity index is 2.36. The lowest BCUT2D eigenvalue weighted by molar-refractivity contribution is 0.0487. The molecule has 3 nitrogen and oxygen atoms in total. The predicted molar refractivity (Wildman–Crippen MR) is 72.5 cm³/mol. The molecule has 2 N–H and O–H groups in total. The van der Waals surface area contributed by atoms with Gasteiger partial charge in [-0.2, -0.15) is 0 Å². The molecule has 0 spiro atoms. The maximum absolute atomic E-state index is 14.1. The maximum Gasteiger partial charge on any atom is 0.134 e. The Morgan fingerprint density at radius 3 is 2.10 bits per heavy atom. The fourth-order valence-corrected chi connectivity index (χ4v) is 3.10. The second-order valence-electron chi connectivity index (χ2n) is 5.51. The highest BCUT2D eigenvalue weighted by Gasteiger charge is 2.42. The average Bonchev–Trinajstić information content (AvgIpc) is 2.62. The zero-order valence-electron chi connectivity index (χ0n) is 12.2. The molecule has 1 aromatic rings. The summed E-state index contributed by atoms with van der Waals surface area (Å²) in [4.78, 5) is 0. The summed E-state index contributed by atoms with van der Waals surface area (Å²) in [6.07, 6.45) is -0.0960. The lowest BCUT2D eigenvalue weighted by Gasteiger charge is -2.26. The standard InChI is InChI=1S/C15H21F2NO2/c1-7-8(2)20-9(3)13(7)15(18)14-11(16)5-10(19-4)6-12(14)17/h5-9,13,15H,18H2,1-4H3. The molecule has 112 valence electrons. The number of ether oxygens (including phenoxy) is 2. The maximum atomic E-state index is 14.1. The second-order valence-corrected chi connectivity index (χ2v) is 5.51. The topological polar surface area (TPSA) is 44.5 Å². The second kappa shape index (κ2) is 5.66. The van der Waals surface area contributed by atoms with Gasteiger partial charge < -0.3 is 15.2 Å². The minimum atomic E-state index is -0.740. The van der Waals surface area contributed by atoms with Crippen LogP contribution in [0.5, 0.6) is 5.75 Å². The molecule has 5 atom stereocenters. The third-order valence-corrected chi connectivity index (χ3v) is 4.36. The van der Waals surface area contributed by atoms with Crippen LogP contribution < -0.4 is 10.5 Å². The Morgan fingerprint density at radius 1 is 1.15 bits per heavy atom. The van der Waals surface area contributed by atoms with Crippen molar-refractivity contribution in [2.75, 3.05) is 7.11 Å². The number of hydrogen-bond donors (Lipinski definition) is 1. The van der Waals surface area contributed by atoms with E-state index in [0.717, 1.165) is 12.1 Å². The van der Waals surface area contributed by atoms with E-state index in [1.807, 2.05) is 20.8 Å². The summed E-state index contributed by atoms with van der Waals surface area (Å²) in [7, 11) is 1.37. The molecule has 5 heteroatoms. The molecule has 0 amide bonds. The van der Waals surface area contributed by atoms with Gasteiger partial charge in [-0.15, -0.1) is 0 Å². The molecule has 0 bridgehead atoms. The third kappa shape index (κ3) is 2.52. The van der Waals surface area contributed by atoms with E-state index in [-0.39, 0.29) is 35.4 Å². The van der Waals surface area contributed by atoms with Crippen LogP contribution in [0.4, 0.5) is 8.78 Å². The van der Waals surface area contributed by atoms with Crippen molar-refractivity contribution in [1.29, 1.82) is 0 Å². The first-order valence-corrected chi connectivity index (χ1v) is 6.80.